The van der Waals surface area contributed by atoms with Crippen LogP contribution in [-0.2, 0) is 7.05 Å². The van der Waals surface area contributed by atoms with Crippen LogP contribution < -0.4 is 0 Å². The summed E-state index contributed by atoms with van der Waals surface area (Å²) in [6, 6.07) is 5.47. The molecule has 2 aromatic heterocycles. The van der Waals surface area contributed by atoms with E-state index in [1.807, 2.05) is 19.2 Å². The van der Waals surface area contributed by atoms with Gasteiger partial charge in [0.2, 0.25) is 0 Å². The van der Waals surface area contributed by atoms with Crippen LogP contribution in [0.3, 0.4) is 0 Å². The zero-order valence-corrected chi connectivity index (χ0v) is 8.96. The fraction of sp³-hybridized carbons (Fsp3) is 0.125. The van der Waals surface area contributed by atoms with Crippen molar-refractivity contribution in [3.63, 3.8) is 0 Å². The molecule has 6 heteroatoms. The molecule has 72 valence electrons. The first-order valence-electron chi connectivity index (χ1n) is 3.90. The molecule has 4 nitrogen and oxygen atoms in total. The van der Waals surface area contributed by atoms with Crippen LogP contribution >= 0.6 is 23.4 Å². The molecule has 0 aliphatic rings. The van der Waals surface area contributed by atoms with Crippen LogP contribution in [0.4, 0.5) is 0 Å². The maximum atomic E-state index is 5.76. The Morgan fingerprint density at radius 1 is 1.43 bits per heavy atom. The van der Waals surface area contributed by atoms with Crippen LogP contribution in [0, 0.1) is 0 Å². The summed E-state index contributed by atoms with van der Waals surface area (Å²) in [6.07, 6.45) is 1.51. The molecule has 0 bridgehead atoms. The number of pyridine rings is 1. The van der Waals surface area contributed by atoms with Gasteiger partial charge in [0.25, 0.3) is 0 Å². The molecule has 2 heterocycles. The highest BCUT2D eigenvalue weighted by atomic mass is 35.5. The van der Waals surface area contributed by atoms with E-state index in [-0.39, 0.29) is 0 Å². The van der Waals surface area contributed by atoms with E-state index in [0.717, 1.165) is 10.2 Å². The molecule has 0 spiro atoms. The maximum Gasteiger partial charge on any atom is 0.192 e. The van der Waals surface area contributed by atoms with Crippen molar-refractivity contribution in [3.8, 4) is 0 Å². The average Bonchev–Trinajstić information content (AvgIpc) is 2.52. The van der Waals surface area contributed by atoms with Crippen LogP contribution in [-0.4, -0.2) is 19.7 Å². The molecular weight excluding hydrogens is 220 g/mol. The zero-order valence-electron chi connectivity index (χ0n) is 7.38. The minimum absolute atomic E-state index is 0.483. The Morgan fingerprint density at radius 2 is 2.29 bits per heavy atom. The average molecular weight is 227 g/mol. The van der Waals surface area contributed by atoms with Gasteiger partial charge in [0.15, 0.2) is 5.16 Å². The summed E-state index contributed by atoms with van der Waals surface area (Å²) >= 11 is 7.19. The van der Waals surface area contributed by atoms with Gasteiger partial charge in [-0.3, -0.25) is 0 Å². The molecule has 2 aromatic rings. The van der Waals surface area contributed by atoms with Crippen molar-refractivity contribution in [1.29, 1.82) is 0 Å². The van der Waals surface area contributed by atoms with Crippen molar-refractivity contribution >= 4 is 23.4 Å². The molecule has 0 fully saturated rings. The topological polar surface area (TPSA) is 43.6 Å². The minimum Gasteiger partial charge on any atom is -0.244 e. The summed E-state index contributed by atoms with van der Waals surface area (Å²) in [7, 11) is 1.83. The minimum atomic E-state index is 0.483. The third kappa shape index (κ3) is 2.05. The van der Waals surface area contributed by atoms with Crippen molar-refractivity contribution < 1.29 is 0 Å². The Hall–Kier alpha value is -1.07. The van der Waals surface area contributed by atoms with Crippen molar-refractivity contribution in [3.05, 3.63) is 29.7 Å². The predicted octanol–water partition coefficient (Wildman–Crippen LogP) is 2.01. The number of aryl methyl sites for hydroxylation is 1. The Kier molecular flexibility index (Phi) is 2.69. The monoisotopic (exact) mass is 226 g/mol. The van der Waals surface area contributed by atoms with E-state index >= 15 is 0 Å². The number of nitrogens with zero attached hydrogens (tertiary/aromatic N) is 4. The lowest BCUT2D eigenvalue weighted by Crippen LogP contribution is -1.92. The quantitative estimate of drug-likeness (QED) is 0.735. The zero-order chi connectivity index (χ0) is 9.97. The van der Waals surface area contributed by atoms with Gasteiger partial charge in [-0.25, -0.2) is 14.6 Å². The molecule has 0 radical (unpaired) electrons. The fourth-order valence-electron chi connectivity index (χ4n) is 0.918. The van der Waals surface area contributed by atoms with Crippen LogP contribution in [0.5, 0.6) is 0 Å². The molecule has 0 unspecified atom stereocenters. The third-order valence-corrected chi connectivity index (χ3v) is 2.75. The van der Waals surface area contributed by atoms with E-state index in [4.69, 9.17) is 11.6 Å². The molecule has 0 atom stereocenters. The van der Waals surface area contributed by atoms with Crippen LogP contribution in [0.1, 0.15) is 0 Å². The second-order valence-corrected chi connectivity index (χ2v) is 3.94. The van der Waals surface area contributed by atoms with E-state index in [1.54, 1.807) is 10.7 Å². The summed E-state index contributed by atoms with van der Waals surface area (Å²) in [5, 5.41) is 6.05. The van der Waals surface area contributed by atoms with Crippen molar-refractivity contribution in [1.82, 2.24) is 19.7 Å². The Labute approximate surface area is 90.3 Å². The molecule has 0 aliphatic heterocycles. The van der Waals surface area contributed by atoms with Gasteiger partial charge in [-0.05, 0) is 23.9 Å². The van der Waals surface area contributed by atoms with Crippen LogP contribution in [0.2, 0.25) is 5.15 Å². The smallest absolute Gasteiger partial charge is 0.192 e. The molecule has 0 aliphatic carbocycles. The van der Waals surface area contributed by atoms with E-state index < -0.39 is 0 Å². The summed E-state index contributed by atoms with van der Waals surface area (Å²) in [5.41, 5.74) is 0. The first-order chi connectivity index (χ1) is 6.75. The van der Waals surface area contributed by atoms with Crippen LogP contribution in [0.25, 0.3) is 0 Å². The normalized spacial score (nSPS) is 10.4. The standard InChI is InChI=1S/C8H7ClN4S/c1-13-8(10-5-11-13)14-7-4-2-3-6(9)12-7/h2-5H,1H3. The SMILES string of the molecule is Cn1ncnc1Sc1cccc(Cl)n1. The van der Waals surface area contributed by atoms with Crippen molar-refractivity contribution in [2.24, 2.45) is 7.05 Å². The Balaban J connectivity index is 2.23. The van der Waals surface area contributed by atoms with Gasteiger partial charge in [-0.2, -0.15) is 5.10 Å². The molecule has 0 aromatic carbocycles. The molecule has 0 amide bonds. The van der Waals surface area contributed by atoms with Gasteiger partial charge in [0, 0.05) is 7.05 Å². The van der Waals surface area contributed by atoms with Gasteiger partial charge in [0.1, 0.15) is 16.5 Å². The van der Waals surface area contributed by atoms with Gasteiger partial charge in [-0.1, -0.05) is 17.7 Å². The lowest BCUT2D eigenvalue weighted by atomic mass is 10.5. The highest BCUT2D eigenvalue weighted by Crippen LogP contribution is 2.23. The van der Waals surface area contributed by atoms with E-state index in [2.05, 4.69) is 15.1 Å². The number of halogens is 1. The summed E-state index contributed by atoms with van der Waals surface area (Å²) in [5.74, 6) is 0. The van der Waals surface area contributed by atoms with Gasteiger partial charge >= 0.3 is 0 Å². The second kappa shape index (κ2) is 3.98. The van der Waals surface area contributed by atoms with Crippen molar-refractivity contribution in [2.75, 3.05) is 0 Å². The largest absolute Gasteiger partial charge is 0.244 e. The van der Waals surface area contributed by atoms with Gasteiger partial charge in [-0.15, -0.1) is 0 Å². The van der Waals surface area contributed by atoms with E-state index in [0.29, 0.717) is 5.15 Å². The van der Waals surface area contributed by atoms with Gasteiger partial charge < -0.3 is 0 Å². The summed E-state index contributed by atoms with van der Waals surface area (Å²) in [4.78, 5) is 8.21. The maximum absolute atomic E-state index is 5.76. The number of rotatable bonds is 2. The fourth-order valence-corrected chi connectivity index (χ4v) is 1.89. The Morgan fingerprint density at radius 3 is 2.93 bits per heavy atom. The number of hydrogen-bond donors (Lipinski definition) is 0. The summed E-state index contributed by atoms with van der Waals surface area (Å²) in [6.45, 7) is 0. The molecule has 14 heavy (non-hydrogen) atoms. The molecule has 0 N–H and O–H groups in total. The lowest BCUT2D eigenvalue weighted by Gasteiger charge is -1.99. The van der Waals surface area contributed by atoms with Gasteiger partial charge in [0.05, 0.1) is 0 Å². The molecule has 2 rings (SSSR count). The second-order valence-electron chi connectivity index (χ2n) is 2.57. The van der Waals surface area contributed by atoms with E-state index in [9.17, 15) is 0 Å². The Bertz CT molecular complexity index is 442. The number of hydrogen-bond acceptors (Lipinski definition) is 4. The van der Waals surface area contributed by atoms with Crippen LogP contribution in [0.15, 0.2) is 34.7 Å². The van der Waals surface area contributed by atoms with Crippen molar-refractivity contribution in [2.45, 2.75) is 10.2 Å². The third-order valence-electron chi connectivity index (χ3n) is 1.56. The van der Waals surface area contributed by atoms with E-state index in [1.165, 1.54) is 18.1 Å². The highest BCUT2D eigenvalue weighted by Gasteiger charge is 2.04. The molecular formula is C8H7ClN4S. The summed E-state index contributed by atoms with van der Waals surface area (Å²) < 4.78 is 1.69. The molecule has 0 saturated carbocycles. The first-order valence-corrected chi connectivity index (χ1v) is 5.09. The lowest BCUT2D eigenvalue weighted by molar-refractivity contribution is 0.684. The molecule has 0 saturated heterocycles. The first kappa shape index (κ1) is 9.48. The predicted molar refractivity (Wildman–Crippen MR) is 54.4 cm³/mol. The highest BCUT2D eigenvalue weighted by molar-refractivity contribution is 7.99. The number of aromatic nitrogens is 4.